The number of carboxylic acids is 1. The highest BCUT2D eigenvalue weighted by atomic mass is 32.1. The van der Waals surface area contributed by atoms with Crippen molar-refractivity contribution in [3.05, 3.63) is 88.8 Å². The van der Waals surface area contributed by atoms with Gasteiger partial charge in [0.25, 0.3) is 5.91 Å². The van der Waals surface area contributed by atoms with Gasteiger partial charge < -0.3 is 10.4 Å². The van der Waals surface area contributed by atoms with Crippen molar-refractivity contribution in [1.29, 1.82) is 0 Å². The minimum Gasteiger partial charge on any atom is -0.478 e. The first-order chi connectivity index (χ1) is 14.7. The summed E-state index contributed by atoms with van der Waals surface area (Å²) in [7, 11) is 0. The van der Waals surface area contributed by atoms with Crippen molar-refractivity contribution >= 4 is 39.0 Å². The van der Waals surface area contributed by atoms with Crippen LogP contribution in [0.4, 0.5) is 5.00 Å². The molecule has 0 saturated carbocycles. The van der Waals surface area contributed by atoms with Gasteiger partial charge in [-0.1, -0.05) is 75.4 Å². The second kappa shape index (κ2) is 8.00. The van der Waals surface area contributed by atoms with Crippen LogP contribution in [0.3, 0.4) is 0 Å². The van der Waals surface area contributed by atoms with Gasteiger partial charge in [0.1, 0.15) is 10.6 Å². The average Bonchev–Trinajstić information content (AvgIpc) is 3.16. The van der Waals surface area contributed by atoms with Crippen LogP contribution in [0.1, 0.15) is 47.1 Å². The zero-order valence-corrected chi connectivity index (χ0v) is 18.4. The number of amides is 1. The third-order valence-electron chi connectivity index (χ3n) is 5.31. The van der Waals surface area contributed by atoms with Crippen LogP contribution >= 0.6 is 11.3 Å². The summed E-state index contributed by atoms with van der Waals surface area (Å²) >= 11 is 1.22. The van der Waals surface area contributed by atoms with E-state index in [2.05, 4.69) is 26.1 Å². The first kappa shape index (κ1) is 20.8. The van der Waals surface area contributed by atoms with Gasteiger partial charge in [-0.15, -0.1) is 11.3 Å². The number of carbonyl (C=O) groups excluding carboxylic acids is 1. The second-order valence-corrected chi connectivity index (χ2v) is 9.38. The van der Waals surface area contributed by atoms with E-state index in [9.17, 15) is 14.7 Å². The van der Waals surface area contributed by atoms with Gasteiger partial charge >= 0.3 is 5.97 Å². The quantitative estimate of drug-likeness (QED) is 0.374. The van der Waals surface area contributed by atoms with Crippen LogP contribution in [-0.4, -0.2) is 17.0 Å². The fourth-order valence-corrected chi connectivity index (χ4v) is 4.49. The summed E-state index contributed by atoms with van der Waals surface area (Å²) in [5.74, 6) is -1.39. The SMILES string of the molecule is CC(C)(C)c1ccc(-c2csc(NC(=O)c3ccc4ccccc4c3)c2C(=O)O)cc1. The largest absolute Gasteiger partial charge is 0.478 e. The molecule has 0 aliphatic heterocycles. The van der Waals surface area contributed by atoms with Crippen LogP contribution in [0.5, 0.6) is 0 Å². The summed E-state index contributed by atoms with van der Waals surface area (Å²) < 4.78 is 0. The van der Waals surface area contributed by atoms with E-state index in [0.29, 0.717) is 16.1 Å². The van der Waals surface area contributed by atoms with Gasteiger partial charge in [-0.3, -0.25) is 4.79 Å². The molecular formula is C26H23NO3S. The molecule has 1 amide bonds. The van der Waals surface area contributed by atoms with E-state index >= 15 is 0 Å². The lowest BCUT2D eigenvalue weighted by atomic mass is 9.86. The van der Waals surface area contributed by atoms with Gasteiger partial charge in [-0.25, -0.2) is 4.79 Å². The Bertz CT molecular complexity index is 1280. The molecule has 0 atom stereocenters. The lowest BCUT2D eigenvalue weighted by Crippen LogP contribution is -2.13. The predicted molar refractivity (Wildman–Crippen MR) is 127 cm³/mol. The number of hydrogen-bond acceptors (Lipinski definition) is 3. The number of thiophene rings is 1. The molecule has 0 saturated heterocycles. The van der Waals surface area contributed by atoms with Crippen LogP contribution in [0.25, 0.3) is 21.9 Å². The maximum atomic E-state index is 12.8. The van der Waals surface area contributed by atoms with Crippen LogP contribution in [0, 0.1) is 0 Å². The Morgan fingerprint density at radius 1 is 0.903 bits per heavy atom. The van der Waals surface area contributed by atoms with Crippen molar-refractivity contribution in [2.24, 2.45) is 0 Å². The van der Waals surface area contributed by atoms with E-state index in [4.69, 9.17) is 0 Å². The molecule has 156 valence electrons. The molecule has 5 heteroatoms. The second-order valence-electron chi connectivity index (χ2n) is 8.50. The number of rotatable bonds is 4. The van der Waals surface area contributed by atoms with Gasteiger partial charge in [-0.2, -0.15) is 0 Å². The fraction of sp³-hybridized carbons (Fsp3) is 0.154. The minimum absolute atomic E-state index is 0.0157. The summed E-state index contributed by atoms with van der Waals surface area (Å²) in [5, 5.41) is 16.8. The molecule has 4 aromatic rings. The van der Waals surface area contributed by atoms with Gasteiger partial charge in [0.2, 0.25) is 0 Å². The number of hydrogen-bond donors (Lipinski definition) is 2. The summed E-state index contributed by atoms with van der Waals surface area (Å²) in [4.78, 5) is 24.9. The Hall–Kier alpha value is -3.44. The molecule has 0 aliphatic carbocycles. The van der Waals surface area contributed by atoms with E-state index < -0.39 is 5.97 Å². The standard InChI is InChI=1S/C26H23NO3S/c1-26(2,3)20-12-10-17(11-13-20)21-15-31-24(22(21)25(29)30)27-23(28)19-9-8-16-6-4-5-7-18(16)14-19/h4-15H,1-3H3,(H,27,28)(H,29,30). The minimum atomic E-state index is -1.06. The first-order valence-corrected chi connectivity index (χ1v) is 10.9. The van der Waals surface area contributed by atoms with Gasteiger partial charge in [0, 0.05) is 16.5 Å². The topological polar surface area (TPSA) is 66.4 Å². The number of carbonyl (C=O) groups is 2. The summed E-state index contributed by atoms with van der Waals surface area (Å²) in [6.45, 7) is 6.40. The van der Waals surface area contributed by atoms with Crippen molar-refractivity contribution < 1.29 is 14.7 Å². The Morgan fingerprint density at radius 3 is 2.23 bits per heavy atom. The molecular weight excluding hydrogens is 406 g/mol. The number of carboxylic acid groups (broad SMARTS) is 1. The first-order valence-electron chi connectivity index (χ1n) is 10.00. The molecule has 1 aromatic heterocycles. The van der Waals surface area contributed by atoms with E-state index in [1.54, 1.807) is 11.4 Å². The third-order valence-corrected chi connectivity index (χ3v) is 6.20. The monoisotopic (exact) mass is 429 g/mol. The van der Waals surface area contributed by atoms with Gasteiger partial charge in [-0.05, 0) is 39.4 Å². The summed E-state index contributed by atoms with van der Waals surface area (Å²) in [6.07, 6.45) is 0. The van der Waals surface area contributed by atoms with Gasteiger partial charge in [0.15, 0.2) is 0 Å². The Morgan fingerprint density at radius 2 is 1.58 bits per heavy atom. The highest BCUT2D eigenvalue weighted by Crippen LogP contribution is 2.37. The number of nitrogens with one attached hydrogen (secondary N) is 1. The molecule has 4 rings (SSSR count). The summed E-state index contributed by atoms with van der Waals surface area (Å²) in [6, 6.07) is 21.1. The molecule has 0 aliphatic rings. The summed E-state index contributed by atoms with van der Waals surface area (Å²) in [5.41, 5.74) is 3.21. The van der Waals surface area contributed by atoms with E-state index in [0.717, 1.165) is 16.3 Å². The molecule has 31 heavy (non-hydrogen) atoms. The predicted octanol–water partition coefficient (Wildman–Crippen LogP) is 6.82. The molecule has 0 unspecified atom stereocenters. The number of benzene rings is 3. The molecule has 2 N–H and O–H groups in total. The number of aromatic carboxylic acids is 1. The van der Waals surface area contributed by atoms with Crippen molar-refractivity contribution in [2.45, 2.75) is 26.2 Å². The highest BCUT2D eigenvalue weighted by molar-refractivity contribution is 7.15. The van der Waals surface area contributed by atoms with E-state index in [1.807, 2.05) is 60.7 Å². The maximum absolute atomic E-state index is 12.8. The van der Waals surface area contributed by atoms with Crippen LogP contribution in [0.2, 0.25) is 0 Å². The molecule has 0 fully saturated rings. The Balaban J connectivity index is 1.65. The van der Waals surface area contributed by atoms with Crippen molar-refractivity contribution in [2.75, 3.05) is 5.32 Å². The lowest BCUT2D eigenvalue weighted by Gasteiger charge is -2.19. The molecule has 3 aromatic carbocycles. The average molecular weight is 430 g/mol. The van der Waals surface area contributed by atoms with E-state index in [1.165, 1.54) is 16.9 Å². The number of anilines is 1. The smallest absolute Gasteiger partial charge is 0.339 e. The fourth-order valence-electron chi connectivity index (χ4n) is 3.53. The number of fused-ring (bicyclic) bond motifs is 1. The zero-order chi connectivity index (χ0) is 22.2. The van der Waals surface area contributed by atoms with Crippen LogP contribution in [-0.2, 0) is 5.41 Å². The van der Waals surface area contributed by atoms with Crippen molar-refractivity contribution in [3.8, 4) is 11.1 Å². The molecule has 0 spiro atoms. The Kier molecular flexibility index (Phi) is 5.38. The molecule has 4 nitrogen and oxygen atoms in total. The lowest BCUT2D eigenvalue weighted by molar-refractivity contribution is 0.0699. The van der Waals surface area contributed by atoms with Gasteiger partial charge in [0.05, 0.1) is 0 Å². The molecule has 0 bridgehead atoms. The Labute approximate surface area is 185 Å². The molecule has 0 radical (unpaired) electrons. The van der Waals surface area contributed by atoms with Crippen LogP contribution < -0.4 is 5.32 Å². The zero-order valence-electron chi connectivity index (χ0n) is 17.6. The van der Waals surface area contributed by atoms with Crippen LogP contribution in [0.15, 0.2) is 72.1 Å². The molecule has 1 heterocycles. The normalized spacial score (nSPS) is 11.5. The maximum Gasteiger partial charge on any atom is 0.339 e. The van der Waals surface area contributed by atoms with Crippen molar-refractivity contribution in [1.82, 2.24) is 0 Å². The van der Waals surface area contributed by atoms with Crippen molar-refractivity contribution in [3.63, 3.8) is 0 Å². The highest BCUT2D eigenvalue weighted by Gasteiger charge is 2.22. The third kappa shape index (κ3) is 4.23. The van der Waals surface area contributed by atoms with E-state index in [-0.39, 0.29) is 16.9 Å².